The zero-order valence-electron chi connectivity index (χ0n) is 22.6. The van der Waals surface area contributed by atoms with E-state index in [1.54, 1.807) is 12.1 Å². The van der Waals surface area contributed by atoms with Gasteiger partial charge in [-0.2, -0.15) is 0 Å². The third-order valence-corrected chi connectivity index (χ3v) is 8.96. The number of nitrogens with zero attached hydrogens (tertiary/aromatic N) is 1. The molecule has 7 nitrogen and oxygen atoms in total. The highest BCUT2D eigenvalue weighted by Crippen LogP contribution is 2.39. The molecule has 1 atom stereocenters. The summed E-state index contributed by atoms with van der Waals surface area (Å²) in [7, 11) is -1.48. The summed E-state index contributed by atoms with van der Waals surface area (Å²) in [6, 6.07) is 7.06. The van der Waals surface area contributed by atoms with Gasteiger partial charge in [0.1, 0.15) is 17.1 Å². The molecule has 0 aliphatic carbocycles. The molecule has 1 N–H and O–H groups in total. The van der Waals surface area contributed by atoms with Crippen molar-refractivity contribution in [3.63, 3.8) is 0 Å². The number of hydrogen-bond acceptors (Lipinski definition) is 6. The fraction of sp³-hybridized carbons (Fsp3) is 0.536. The predicted molar refractivity (Wildman–Crippen MR) is 143 cm³/mol. The van der Waals surface area contributed by atoms with Crippen LogP contribution >= 0.6 is 0 Å². The summed E-state index contributed by atoms with van der Waals surface area (Å²) >= 11 is 0. The van der Waals surface area contributed by atoms with Gasteiger partial charge in [-0.25, -0.2) is 17.6 Å². The number of nitrogens with one attached hydrogen (secondary N) is 1. The van der Waals surface area contributed by atoms with Crippen molar-refractivity contribution in [3.05, 3.63) is 52.8 Å². The first-order valence-corrected chi connectivity index (χ1v) is 14.3. The minimum absolute atomic E-state index is 0.00114. The fourth-order valence-corrected chi connectivity index (χ4v) is 6.22. The summed E-state index contributed by atoms with van der Waals surface area (Å²) < 4.78 is 54.6. The van der Waals surface area contributed by atoms with Crippen molar-refractivity contribution in [2.45, 2.75) is 57.8 Å². The second kappa shape index (κ2) is 12.3. The minimum atomic E-state index is -4.16. The Bertz CT molecular complexity index is 1210. The Morgan fingerprint density at radius 2 is 1.81 bits per heavy atom. The monoisotopic (exact) mass is 534 g/mol. The van der Waals surface area contributed by atoms with Crippen LogP contribution in [0, 0.1) is 17.7 Å². The van der Waals surface area contributed by atoms with E-state index in [1.807, 2.05) is 6.92 Å². The van der Waals surface area contributed by atoms with Crippen LogP contribution in [0.1, 0.15) is 67.9 Å². The van der Waals surface area contributed by atoms with Crippen molar-refractivity contribution in [1.29, 1.82) is 0 Å². The molecule has 1 saturated heterocycles. The lowest BCUT2D eigenvalue weighted by atomic mass is 9.88. The predicted octanol–water partition coefficient (Wildman–Crippen LogP) is 5.46. The molecule has 0 radical (unpaired) electrons. The van der Waals surface area contributed by atoms with Gasteiger partial charge in [0.25, 0.3) is 10.0 Å². The van der Waals surface area contributed by atoms with Gasteiger partial charge in [0.15, 0.2) is 0 Å². The highest BCUT2D eigenvalue weighted by atomic mass is 32.2. The third kappa shape index (κ3) is 6.62. The van der Waals surface area contributed by atoms with Gasteiger partial charge in [-0.1, -0.05) is 33.8 Å². The molecule has 0 spiro atoms. The number of ether oxygens (including phenoxy) is 2. The zero-order chi connectivity index (χ0) is 27.3. The van der Waals surface area contributed by atoms with E-state index in [1.165, 1.54) is 26.4 Å². The van der Waals surface area contributed by atoms with E-state index in [4.69, 9.17) is 9.47 Å². The van der Waals surface area contributed by atoms with E-state index in [2.05, 4.69) is 30.4 Å². The van der Waals surface area contributed by atoms with Crippen molar-refractivity contribution < 1.29 is 27.1 Å². The van der Waals surface area contributed by atoms with Gasteiger partial charge in [0, 0.05) is 0 Å². The minimum Gasteiger partial charge on any atom is -0.495 e. The highest BCUT2D eigenvalue weighted by Gasteiger charge is 2.29. The maximum Gasteiger partial charge on any atom is 0.343 e. The Morgan fingerprint density at radius 3 is 2.38 bits per heavy atom. The standard InChI is InChI=1S/C28H39FN2O5S/c1-7-31-14-12-20(13-15-31)16-21-17-22(29)8-11-25(21)37(33,34)30-24-10-9-23(19(4)18(2)3)27(35-5)26(24)28(32)36-6/h8-11,17-20,30H,7,12-16H2,1-6H3. The summed E-state index contributed by atoms with van der Waals surface area (Å²) in [4.78, 5) is 15.2. The number of methoxy groups -OCH3 is 2. The molecule has 1 aliphatic rings. The molecule has 1 unspecified atom stereocenters. The van der Waals surface area contributed by atoms with Gasteiger partial charge in [-0.05, 0) is 92.0 Å². The highest BCUT2D eigenvalue weighted by molar-refractivity contribution is 7.92. The first kappa shape index (κ1) is 28.9. The Hall–Kier alpha value is -2.65. The molecule has 0 saturated carbocycles. The van der Waals surface area contributed by atoms with Crippen LogP contribution < -0.4 is 9.46 Å². The first-order chi connectivity index (χ1) is 17.5. The van der Waals surface area contributed by atoms with Crippen LogP contribution in [0.25, 0.3) is 0 Å². The number of carbonyl (C=O) groups is 1. The van der Waals surface area contributed by atoms with Crippen molar-refractivity contribution in [2.24, 2.45) is 11.8 Å². The van der Waals surface area contributed by atoms with Crippen LogP contribution in [0.15, 0.2) is 35.2 Å². The third-order valence-electron chi connectivity index (χ3n) is 7.49. The van der Waals surface area contributed by atoms with Crippen LogP contribution in [0.4, 0.5) is 10.1 Å². The number of hydrogen-bond donors (Lipinski definition) is 1. The van der Waals surface area contributed by atoms with E-state index in [9.17, 15) is 17.6 Å². The van der Waals surface area contributed by atoms with Gasteiger partial charge in [-0.15, -0.1) is 0 Å². The fourth-order valence-electron chi connectivity index (χ4n) is 4.91. The molecular weight excluding hydrogens is 495 g/mol. The second-order valence-corrected chi connectivity index (χ2v) is 11.7. The number of sulfonamides is 1. The van der Waals surface area contributed by atoms with Gasteiger partial charge in [0.2, 0.25) is 0 Å². The van der Waals surface area contributed by atoms with Crippen LogP contribution in [-0.2, 0) is 21.2 Å². The topological polar surface area (TPSA) is 84.9 Å². The molecule has 0 aromatic heterocycles. The number of likely N-dealkylation sites (tertiary alicyclic amines) is 1. The molecular formula is C28H39FN2O5S. The lowest BCUT2D eigenvalue weighted by molar-refractivity contribution is 0.0598. The second-order valence-electron chi connectivity index (χ2n) is 10.1. The Morgan fingerprint density at radius 1 is 1.14 bits per heavy atom. The van der Waals surface area contributed by atoms with Crippen LogP contribution in [0.5, 0.6) is 5.75 Å². The van der Waals surface area contributed by atoms with Crippen LogP contribution in [0.3, 0.4) is 0 Å². The van der Waals surface area contributed by atoms with Gasteiger partial charge >= 0.3 is 5.97 Å². The van der Waals surface area contributed by atoms with E-state index < -0.39 is 21.8 Å². The summed E-state index contributed by atoms with van der Waals surface area (Å²) in [5.41, 5.74) is 1.27. The van der Waals surface area contributed by atoms with Gasteiger partial charge in [-0.3, -0.25) is 4.72 Å². The number of anilines is 1. The quantitative estimate of drug-likeness (QED) is 0.408. The molecule has 0 bridgehead atoms. The van der Waals surface area contributed by atoms with Crippen molar-refractivity contribution in [2.75, 3.05) is 38.6 Å². The lowest BCUT2D eigenvalue weighted by Crippen LogP contribution is -2.34. The number of esters is 1. The Kier molecular flexibility index (Phi) is 9.58. The molecule has 1 aliphatic heterocycles. The number of piperidine rings is 1. The van der Waals surface area contributed by atoms with E-state index in [0.717, 1.165) is 44.1 Å². The molecule has 2 aromatic rings. The number of benzene rings is 2. The zero-order valence-corrected chi connectivity index (χ0v) is 23.5. The lowest BCUT2D eigenvalue weighted by Gasteiger charge is -2.31. The Balaban J connectivity index is 2.01. The molecule has 1 heterocycles. The largest absolute Gasteiger partial charge is 0.495 e. The normalized spacial score (nSPS) is 16.0. The number of halogens is 1. The van der Waals surface area contributed by atoms with Gasteiger partial charge in [0.05, 0.1) is 24.8 Å². The molecule has 3 rings (SSSR count). The van der Waals surface area contributed by atoms with Crippen molar-refractivity contribution in [3.8, 4) is 5.75 Å². The summed E-state index contributed by atoms with van der Waals surface area (Å²) in [5, 5.41) is 0. The summed E-state index contributed by atoms with van der Waals surface area (Å²) in [5.74, 6) is -0.352. The van der Waals surface area contributed by atoms with Crippen molar-refractivity contribution >= 4 is 21.7 Å². The average molecular weight is 535 g/mol. The molecule has 1 fully saturated rings. The smallest absolute Gasteiger partial charge is 0.343 e. The van der Waals surface area contributed by atoms with Crippen LogP contribution in [0.2, 0.25) is 0 Å². The summed E-state index contributed by atoms with van der Waals surface area (Å²) in [6.45, 7) is 11.1. The molecule has 37 heavy (non-hydrogen) atoms. The molecule has 9 heteroatoms. The van der Waals surface area contributed by atoms with Crippen LogP contribution in [-0.4, -0.2) is 53.1 Å². The van der Waals surface area contributed by atoms with E-state index in [-0.39, 0.29) is 39.6 Å². The van der Waals surface area contributed by atoms with Crippen molar-refractivity contribution in [1.82, 2.24) is 4.90 Å². The van der Waals surface area contributed by atoms with E-state index >= 15 is 0 Å². The molecule has 0 amide bonds. The average Bonchev–Trinajstić information content (AvgIpc) is 2.87. The molecule has 204 valence electrons. The summed E-state index contributed by atoms with van der Waals surface area (Å²) in [6.07, 6.45) is 2.32. The van der Waals surface area contributed by atoms with E-state index in [0.29, 0.717) is 12.0 Å². The maximum atomic E-state index is 14.2. The SMILES string of the molecule is CCN1CCC(Cc2cc(F)ccc2S(=O)(=O)Nc2ccc(C(C)C(C)C)c(OC)c2C(=O)OC)CC1. The van der Waals surface area contributed by atoms with Gasteiger partial charge < -0.3 is 14.4 Å². The number of carbonyl (C=O) groups excluding carboxylic acids is 1. The first-order valence-electron chi connectivity index (χ1n) is 12.8. The Labute approximate surface area is 220 Å². The number of rotatable bonds is 10. The molecule has 2 aromatic carbocycles. The maximum absolute atomic E-state index is 14.2.